The van der Waals surface area contributed by atoms with Gasteiger partial charge in [0.05, 0.1) is 13.7 Å². The average Bonchev–Trinajstić information content (AvgIpc) is 3.16. The van der Waals surface area contributed by atoms with Crippen LogP contribution in [0.25, 0.3) is 0 Å². The third-order valence-corrected chi connectivity index (χ3v) is 4.59. The first-order valence-corrected chi connectivity index (χ1v) is 9.40. The van der Waals surface area contributed by atoms with Crippen molar-refractivity contribution in [3.8, 4) is 5.75 Å². The summed E-state index contributed by atoms with van der Waals surface area (Å²) >= 11 is 1.57. The van der Waals surface area contributed by atoms with Crippen molar-refractivity contribution in [2.24, 2.45) is 4.99 Å². The molecule has 1 atom stereocenters. The summed E-state index contributed by atoms with van der Waals surface area (Å²) in [6.45, 7) is 5.60. The zero-order chi connectivity index (χ0) is 18.1. The first-order chi connectivity index (χ1) is 12.1. The molecular formula is C19H28IN3O2S. The Labute approximate surface area is 176 Å². The van der Waals surface area contributed by atoms with Gasteiger partial charge >= 0.3 is 0 Å². The lowest BCUT2D eigenvalue weighted by molar-refractivity contribution is 0.0677. The van der Waals surface area contributed by atoms with Gasteiger partial charge in [0.15, 0.2) is 5.96 Å². The van der Waals surface area contributed by atoms with Gasteiger partial charge in [0, 0.05) is 13.1 Å². The number of aliphatic hydroxyl groups is 1. The van der Waals surface area contributed by atoms with Crippen molar-refractivity contribution in [3.63, 3.8) is 0 Å². The van der Waals surface area contributed by atoms with Crippen LogP contribution in [0, 0.1) is 0 Å². The summed E-state index contributed by atoms with van der Waals surface area (Å²) < 4.78 is 5.38. The maximum atomic E-state index is 10.6. The monoisotopic (exact) mass is 489 g/mol. The van der Waals surface area contributed by atoms with E-state index in [1.54, 1.807) is 25.4 Å². The van der Waals surface area contributed by atoms with Crippen molar-refractivity contribution in [3.05, 3.63) is 52.2 Å². The predicted molar refractivity (Wildman–Crippen MR) is 120 cm³/mol. The van der Waals surface area contributed by atoms with Crippen LogP contribution < -0.4 is 15.4 Å². The molecule has 0 spiro atoms. The van der Waals surface area contributed by atoms with Gasteiger partial charge in [-0.15, -0.1) is 24.0 Å². The highest BCUT2D eigenvalue weighted by molar-refractivity contribution is 14.0. The topological polar surface area (TPSA) is 65.9 Å². The Hall–Kier alpha value is -1.32. The number of benzene rings is 1. The molecule has 5 nitrogen and oxygen atoms in total. The van der Waals surface area contributed by atoms with Gasteiger partial charge in [-0.2, -0.15) is 11.3 Å². The third kappa shape index (κ3) is 6.77. The quantitative estimate of drug-likeness (QED) is 0.302. The van der Waals surface area contributed by atoms with Gasteiger partial charge in [-0.25, -0.2) is 4.99 Å². The minimum absolute atomic E-state index is 0. The Morgan fingerprint density at radius 2 is 2.04 bits per heavy atom. The van der Waals surface area contributed by atoms with E-state index >= 15 is 0 Å². The molecule has 0 amide bonds. The maximum absolute atomic E-state index is 10.6. The smallest absolute Gasteiger partial charge is 0.191 e. The van der Waals surface area contributed by atoms with Gasteiger partial charge in [0.2, 0.25) is 0 Å². The van der Waals surface area contributed by atoms with Crippen LogP contribution in [-0.2, 0) is 12.0 Å². The number of rotatable bonds is 8. The second-order valence-electron chi connectivity index (χ2n) is 5.97. The van der Waals surface area contributed by atoms with Crippen LogP contribution >= 0.6 is 35.3 Å². The van der Waals surface area contributed by atoms with Crippen molar-refractivity contribution < 1.29 is 9.84 Å². The maximum Gasteiger partial charge on any atom is 0.191 e. The highest BCUT2D eigenvalue weighted by Gasteiger charge is 2.23. The second-order valence-corrected chi connectivity index (χ2v) is 6.75. The molecule has 0 fully saturated rings. The van der Waals surface area contributed by atoms with Crippen LogP contribution in [0.3, 0.4) is 0 Å². The van der Waals surface area contributed by atoms with Crippen molar-refractivity contribution in [1.29, 1.82) is 0 Å². The lowest BCUT2D eigenvalue weighted by Gasteiger charge is -2.21. The molecule has 144 valence electrons. The molecule has 1 aromatic heterocycles. The summed E-state index contributed by atoms with van der Waals surface area (Å²) in [5, 5.41) is 21.0. The highest BCUT2D eigenvalue weighted by atomic mass is 127. The Bertz CT molecular complexity index is 675. The molecule has 0 bridgehead atoms. The number of hydrogen-bond acceptors (Lipinski definition) is 4. The molecule has 1 aromatic carbocycles. The molecular weight excluding hydrogens is 461 g/mol. The molecule has 0 aliphatic heterocycles. The summed E-state index contributed by atoms with van der Waals surface area (Å²) in [4.78, 5) is 4.53. The normalized spacial score (nSPS) is 13.5. The van der Waals surface area contributed by atoms with Crippen LogP contribution in [0.2, 0.25) is 0 Å². The number of nitrogens with one attached hydrogen (secondary N) is 2. The molecule has 2 aromatic rings. The minimum Gasteiger partial charge on any atom is -0.496 e. The van der Waals surface area contributed by atoms with Crippen molar-refractivity contribution in [1.82, 2.24) is 10.6 Å². The van der Waals surface area contributed by atoms with E-state index in [1.165, 1.54) is 0 Å². The van der Waals surface area contributed by atoms with E-state index in [-0.39, 0.29) is 24.0 Å². The zero-order valence-corrected chi connectivity index (χ0v) is 18.6. The lowest BCUT2D eigenvalue weighted by atomic mass is 10.00. The Kier molecular flexibility index (Phi) is 9.97. The fraction of sp³-hybridized carbons (Fsp3) is 0.421. The van der Waals surface area contributed by atoms with Gasteiger partial charge in [-0.3, -0.25) is 0 Å². The molecule has 0 saturated carbocycles. The predicted octanol–water partition coefficient (Wildman–Crippen LogP) is 3.38. The van der Waals surface area contributed by atoms with E-state index < -0.39 is 5.60 Å². The van der Waals surface area contributed by atoms with Crippen molar-refractivity contribution >= 4 is 41.3 Å². The summed E-state index contributed by atoms with van der Waals surface area (Å²) in [5.41, 5.74) is 1.08. The number of para-hydroxylation sites is 1. The fourth-order valence-corrected chi connectivity index (χ4v) is 3.24. The molecule has 26 heavy (non-hydrogen) atoms. The van der Waals surface area contributed by atoms with E-state index in [0.29, 0.717) is 12.5 Å². The van der Waals surface area contributed by atoms with E-state index in [0.717, 1.165) is 36.4 Å². The van der Waals surface area contributed by atoms with E-state index in [2.05, 4.69) is 21.7 Å². The zero-order valence-electron chi connectivity index (χ0n) is 15.5. The SMILES string of the molecule is CCNC(=NCC(C)(O)c1ccsc1)NCCc1ccccc1OC.I. The van der Waals surface area contributed by atoms with Crippen LogP contribution in [0.1, 0.15) is 25.0 Å². The second kappa shape index (κ2) is 11.4. The first-order valence-electron chi connectivity index (χ1n) is 8.46. The molecule has 3 N–H and O–H groups in total. The molecule has 0 aliphatic carbocycles. The highest BCUT2D eigenvalue weighted by Crippen LogP contribution is 2.23. The number of nitrogens with zero attached hydrogens (tertiary/aromatic N) is 1. The van der Waals surface area contributed by atoms with Crippen molar-refractivity contribution in [2.45, 2.75) is 25.9 Å². The number of hydrogen-bond donors (Lipinski definition) is 3. The summed E-state index contributed by atoms with van der Waals surface area (Å²) in [5.74, 6) is 1.60. The number of methoxy groups -OCH3 is 1. The van der Waals surface area contributed by atoms with Gasteiger partial charge < -0.3 is 20.5 Å². The molecule has 7 heteroatoms. The Morgan fingerprint density at radius 3 is 2.69 bits per heavy atom. The van der Waals surface area contributed by atoms with Gasteiger partial charge in [0.1, 0.15) is 11.4 Å². The standard InChI is InChI=1S/C19H27N3O2S.HI/c1-4-20-18(22-14-19(2,23)16-10-12-25-13-16)21-11-9-15-7-5-6-8-17(15)24-3;/h5-8,10,12-13,23H,4,9,11,14H2,1-3H3,(H2,20,21,22);1H. The first kappa shape index (κ1) is 22.7. The number of ether oxygens (including phenoxy) is 1. The van der Waals surface area contributed by atoms with E-state index in [4.69, 9.17) is 4.74 Å². The Balaban J connectivity index is 0.00000338. The number of thiophene rings is 1. The van der Waals surface area contributed by atoms with E-state index in [9.17, 15) is 5.11 Å². The van der Waals surface area contributed by atoms with Crippen LogP contribution in [0.5, 0.6) is 5.75 Å². The van der Waals surface area contributed by atoms with Crippen LogP contribution in [0.15, 0.2) is 46.1 Å². The number of aliphatic imine (C=N–C) groups is 1. The number of guanidine groups is 1. The largest absolute Gasteiger partial charge is 0.496 e. The molecule has 2 rings (SSSR count). The minimum atomic E-state index is -0.967. The molecule has 0 radical (unpaired) electrons. The Morgan fingerprint density at radius 1 is 1.27 bits per heavy atom. The van der Waals surface area contributed by atoms with Gasteiger partial charge in [-0.05, 0) is 54.3 Å². The van der Waals surface area contributed by atoms with Crippen LogP contribution in [0.4, 0.5) is 0 Å². The molecule has 0 aliphatic rings. The fourth-order valence-electron chi connectivity index (χ4n) is 2.46. The summed E-state index contributed by atoms with van der Waals surface area (Å²) in [7, 11) is 1.68. The summed E-state index contributed by atoms with van der Waals surface area (Å²) in [6.07, 6.45) is 0.829. The molecule has 1 unspecified atom stereocenters. The van der Waals surface area contributed by atoms with E-state index in [1.807, 2.05) is 41.9 Å². The average molecular weight is 489 g/mol. The lowest BCUT2D eigenvalue weighted by Crippen LogP contribution is -2.39. The third-order valence-electron chi connectivity index (χ3n) is 3.91. The van der Waals surface area contributed by atoms with Gasteiger partial charge in [-0.1, -0.05) is 18.2 Å². The summed E-state index contributed by atoms with van der Waals surface area (Å²) in [6, 6.07) is 9.93. The van der Waals surface area contributed by atoms with Gasteiger partial charge in [0.25, 0.3) is 0 Å². The number of halogens is 1. The molecule has 1 heterocycles. The van der Waals surface area contributed by atoms with Crippen molar-refractivity contribution in [2.75, 3.05) is 26.7 Å². The van der Waals surface area contributed by atoms with Crippen LogP contribution in [-0.4, -0.2) is 37.8 Å². The molecule has 0 saturated heterocycles.